The Morgan fingerprint density at radius 1 is 1.13 bits per heavy atom. The van der Waals surface area contributed by atoms with Crippen LogP contribution in [0.25, 0.3) is 0 Å². The van der Waals surface area contributed by atoms with Crippen LogP contribution in [0.3, 0.4) is 0 Å². The van der Waals surface area contributed by atoms with Crippen LogP contribution in [-0.4, -0.2) is 6.61 Å². The maximum atomic E-state index is 5.57. The Morgan fingerprint density at radius 3 is 2.73 bits per heavy atom. The summed E-state index contributed by atoms with van der Waals surface area (Å²) >= 11 is 0. The van der Waals surface area contributed by atoms with Crippen LogP contribution in [0, 0.1) is 6.07 Å². The summed E-state index contributed by atoms with van der Waals surface area (Å²) in [5.74, 6) is 0. The highest BCUT2D eigenvalue weighted by atomic mass is 16.5. The normalized spacial score (nSPS) is 10.5. The average molecular weight is 205 g/mol. The van der Waals surface area contributed by atoms with E-state index in [4.69, 9.17) is 4.74 Å². The minimum absolute atomic E-state index is 0.703. The van der Waals surface area contributed by atoms with E-state index in [1.807, 2.05) is 18.2 Å². The Bertz CT molecular complexity index is 230. The predicted molar refractivity (Wildman–Crippen MR) is 63.7 cm³/mol. The van der Waals surface area contributed by atoms with Gasteiger partial charge in [0.25, 0.3) is 0 Å². The molecule has 0 spiro atoms. The van der Waals surface area contributed by atoms with Gasteiger partial charge in [-0.1, -0.05) is 56.9 Å². The van der Waals surface area contributed by atoms with E-state index in [9.17, 15) is 0 Å². The first-order chi connectivity index (χ1) is 7.43. The zero-order valence-corrected chi connectivity index (χ0v) is 9.67. The summed E-state index contributed by atoms with van der Waals surface area (Å²) in [4.78, 5) is 0. The number of unbranched alkanes of at least 4 members (excludes halogenated alkanes) is 4. The first kappa shape index (κ1) is 12.3. The van der Waals surface area contributed by atoms with E-state index in [1.54, 1.807) is 0 Å². The largest absolute Gasteiger partial charge is 0.377 e. The molecule has 0 atom stereocenters. The molecule has 1 nitrogen and oxygen atoms in total. The number of rotatable bonds is 8. The highest BCUT2D eigenvalue weighted by Gasteiger charge is 1.92. The average Bonchev–Trinajstić information content (AvgIpc) is 2.29. The lowest BCUT2D eigenvalue weighted by Gasteiger charge is -2.03. The van der Waals surface area contributed by atoms with E-state index in [0.717, 1.165) is 12.2 Å². The van der Waals surface area contributed by atoms with Gasteiger partial charge in [0.2, 0.25) is 0 Å². The summed E-state index contributed by atoms with van der Waals surface area (Å²) in [6, 6.07) is 11.1. The van der Waals surface area contributed by atoms with Crippen LogP contribution in [0.2, 0.25) is 0 Å². The van der Waals surface area contributed by atoms with Crippen molar-refractivity contribution in [3.05, 3.63) is 35.9 Å². The van der Waals surface area contributed by atoms with Gasteiger partial charge in [-0.15, -0.1) is 0 Å². The van der Waals surface area contributed by atoms with Crippen LogP contribution in [-0.2, 0) is 11.3 Å². The van der Waals surface area contributed by atoms with Gasteiger partial charge in [0.15, 0.2) is 0 Å². The van der Waals surface area contributed by atoms with Gasteiger partial charge in [0.1, 0.15) is 0 Å². The molecule has 0 saturated heterocycles. The Kier molecular flexibility index (Phi) is 6.93. The second-order valence-electron chi connectivity index (χ2n) is 3.85. The van der Waals surface area contributed by atoms with Gasteiger partial charge >= 0.3 is 0 Å². The molecule has 1 rings (SSSR count). The van der Waals surface area contributed by atoms with Crippen LogP contribution in [0.5, 0.6) is 0 Å². The fourth-order valence-electron chi connectivity index (χ4n) is 1.51. The minimum atomic E-state index is 0.703. The predicted octanol–water partition coefficient (Wildman–Crippen LogP) is 3.97. The third-order valence-electron chi connectivity index (χ3n) is 2.42. The van der Waals surface area contributed by atoms with Crippen molar-refractivity contribution in [1.82, 2.24) is 0 Å². The molecule has 83 valence electrons. The van der Waals surface area contributed by atoms with E-state index in [1.165, 1.54) is 32.1 Å². The molecule has 0 aliphatic carbocycles. The Hall–Kier alpha value is -0.820. The van der Waals surface area contributed by atoms with Crippen molar-refractivity contribution < 1.29 is 4.74 Å². The number of hydrogen-bond donors (Lipinski definition) is 0. The molecule has 15 heavy (non-hydrogen) atoms. The highest BCUT2D eigenvalue weighted by Crippen LogP contribution is 2.04. The SMILES string of the molecule is CCCCCCCOCc1[c]cccc1. The molecule has 0 amide bonds. The van der Waals surface area contributed by atoms with E-state index in [-0.39, 0.29) is 0 Å². The Labute approximate surface area is 93.5 Å². The van der Waals surface area contributed by atoms with Crippen molar-refractivity contribution in [3.63, 3.8) is 0 Å². The van der Waals surface area contributed by atoms with Gasteiger partial charge in [-0.25, -0.2) is 0 Å². The van der Waals surface area contributed by atoms with Gasteiger partial charge in [-0.2, -0.15) is 0 Å². The van der Waals surface area contributed by atoms with Crippen molar-refractivity contribution in [2.75, 3.05) is 6.61 Å². The van der Waals surface area contributed by atoms with Crippen molar-refractivity contribution in [1.29, 1.82) is 0 Å². The molecule has 0 unspecified atom stereocenters. The monoisotopic (exact) mass is 205 g/mol. The van der Waals surface area contributed by atoms with Crippen molar-refractivity contribution in [2.24, 2.45) is 0 Å². The summed E-state index contributed by atoms with van der Waals surface area (Å²) in [5.41, 5.74) is 1.14. The fraction of sp³-hybridized carbons (Fsp3) is 0.571. The highest BCUT2D eigenvalue weighted by molar-refractivity contribution is 5.11. The molecule has 0 aliphatic rings. The van der Waals surface area contributed by atoms with Crippen LogP contribution in [0.1, 0.15) is 44.6 Å². The smallest absolute Gasteiger partial charge is 0.0722 e. The zero-order valence-electron chi connectivity index (χ0n) is 9.67. The van der Waals surface area contributed by atoms with Crippen LogP contribution in [0.4, 0.5) is 0 Å². The molecule has 0 bridgehead atoms. The lowest BCUT2D eigenvalue weighted by atomic mass is 10.2. The first-order valence-corrected chi connectivity index (χ1v) is 5.97. The van der Waals surface area contributed by atoms with Crippen molar-refractivity contribution >= 4 is 0 Å². The van der Waals surface area contributed by atoms with E-state index in [2.05, 4.69) is 19.1 Å². The summed E-state index contributed by atoms with van der Waals surface area (Å²) in [6.07, 6.45) is 6.49. The van der Waals surface area contributed by atoms with E-state index >= 15 is 0 Å². The molecular formula is C14H21O. The van der Waals surface area contributed by atoms with Crippen LogP contribution < -0.4 is 0 Å². The molecular weight excluding hydrogens is 184 g/mol. The Balaban J connectivity index is 1.93. The maximum absolute atomic E-state index is 5.57. The number of benzene rings is 1. The second-order valence-corrected chi connectivity index (χ2v) is 3.85. The maximum Gasteiger partial charge on any atom is 0.0722 e. The zero-order chi connectivity index (χ0) is 10.8. The summed E-state index contributed by atoms with van der Waals surface area (Å²) in [5, 5.41) is 0. The minimum Gasteiger partial charge on any atom is -0.377 e. The van der Waals surface area contributed by atoms with Crippen LogP contribution >= 0.6 is 0 Å². The number of ether oxygens (including phenoxy) is 1. The van der Waals surface area contributed by atoms with Gasteiger partial charge in [-0.3, -0.25) is 0 Å². The molecule has 0 aliphatic heterocycles. The van der Waals surface area contributed by atoms with Gasteiger partial charge in [-0.05, 0) is 18.1 Å². The molecule has 0 aromatic heterocycles. The molecule has 0 saturated carbocycles. The summed E-state index contributed by atoms with van der Waals surface area (Å²) in [7, 11) is 0. The molecule has 0 heterocycles. The molecule has 1 aromatic carbocycles. The quantitative estimate of drug-likeness (QED) is 0.583. The summed E-state index contributed by atoms with van der Waals surface area (Å²) < 4.78 is 5.57. The van der Waals surface area contributed by atoms with E-state index in [0.29, 0.717) is 6.61 Å². The molecule has 0 fully saturated rings. The molecule has 1 radical (unpaired) electrons. The molecule has 1 aromatic rings. The third kappa shape index (κ3) is 6.29. The van der Waals surface area contributed by atoms with Crippen LogP contribution in [0.15, 0.2) is 24.3 Å². The van der Waals surface area contributed by atoms with Gasteiger partial charge < -0.3 is 4.74 Å². The van der Waals surface area contributed by atoms with Gasteiger partial charge in [0.05, 0.1) is 6.61 Å². The van der Waals surface area contributed by atoms with Crippen molar-refractivity contribution in [2.45, 2.75) is 45.6 Å². The second kappa shape index (κ2) is 8.49. The lowest BCUT2D eigenvalue weighted by molar-refractivity contribution is 0.116. The summed E-state index contributed by atoms with van der Waals surface area (Å²) in [6.45, 7) is 3.82. The van der Waals surface area contributed by atoms with Crippen molar-refractivity contribution in [3.8, 4) is 0 Å². The standard InChI is InChI=1S/C14H21O/c1-2-3-4-5-9-12-15-13-14-10-7-6-8-11-14/h6-8,10H,2-5,9,12-13H2,1H3. The van der Waals surface area contributed by atoms with Gasteiger partial charge in [0, 0.05) is 6.61 Å². The Morgan fingerprint density at radius 2 is 2.00 bits per heavy atom. The molecule has 1 heteroatoms. The topological polar surface area (TPSA) is 9.23 Å². The first-order valence-electron chi connectivity index (χ1n) is 5.97. The number of hydrogen-bond acceptors (Lipinski definition) is 1. The lowest BCUT2D eigenvalue weighted by Crippen LogP contribution is -1.95. The third-order valence-corrected chi connectivity index (χ3v) is 2.42. The van der Waals surface area contributed by atoms with E-state index < -0.39 is 0 Å². The molecule has 0 N–H and O–H groups in total. The fourth-order valence-corrected chi connectivity index (χ4v) is 1.51.